The van der Waals surface area contributed by atoms with Crippen LogP contribution in [0.3, 0.4) is 0 Å². The number of pyridine rings is 1. The van der Waals surface area contributed by atoms with Gasteiger partial charge in [-0.15, -0.1) is 0 Å². The summed E-state index contributed by atoms with van der Waals surface area (Å²) in [6.45, 7) is 4.16. The van der Waals surface area contributed by atoms with Gasteiger partial charge in [0, 0.05) is 22.1 Å². The van der Waals surface area contributed by atoms with E-state index < -0.39 is 0 Å². The smallest absolute Gasteiger partial charge is 0.291 e. The molecule has 0 saturated heterocycles. The van der Waals surface area contributed by atoms with Gasteiger partial charge in [-0.3, -0.25) is 9.55 Å². The summed E-state index contributed by atoms with van der Waals surface area (Å²) < 4.78 is 2.54. The van der Waals surface area contributed by atoms with Crippen LogP contribution in [-0.2, 0) is 6.54 Å². The van der Waals surface area contributed by atoms with Crippen LogP contribution >= 0.6 is 15.9 Å². The topological polar surface area (TPSA) is 47.8 Å². The van der Waals surface area contributed by atoms with E-state index in [2.05, 4.69) is 25.9 Å². The third-order valence-electron chi connectivity index (χ3n) is 2.46. The molecule has 0 N–H and O–H groups in total. The molecule has 5 heteroatoms. The first kappa shape index (κ1) is 12.0. The minimum Gasteiger partial charge on any atom is -0.291 e. The van der Waals surface area contributed by atoms with E-state index in [1.807, 2.05) is 32.0 Å². The van der Waals surface area contributed by atoms with Crippen LogP contribution in [0.2, 0.25) is 0 Å². The molecule has 0 spiro atoms. The molecule has 0 unspecified atom stereocenters. The molecule has 0 aliphatic rings. The zero-order chi connectivity index (χ0) is 12.4. The second-order valence-electron chi connectivity index (χ2n) is 3.88. The lowest BCUT2D eigenvalue weighted by molar-refractivity contribution is 0.680. The van der Waals surface area contributed by atoms with Crippen molar-refractivity contribution in [1.82, 2.24) is 14.5 Å². The van der Waals surface area contributed by atoms with Crippen LogP contribution in [0.5, 0.6) is 0 Å². The standard InChI is InChI=1S/C12H12BrN3O/c1-8-5-9(2)16(12(17)15-8)7-11-4-3-10(13)6-14-11/h3-6H,7H2,1-2H3. The van der Waals surface area contributed by atoms with Crippen molar-refractivity contribution < 1.29 is 0 Å². The molecule has 0 bridgehead atoms. The maximum Gasteiger partial charge on any atom is 0.348 e. The number of rotatable bonds is 2. The van der Waals surface area contributed by atoms with E-state index in [9.17, 15) is 4.79 Å². The lowest BCUT2D eigenvalue weighted by Crippen LogP contribution is -2.26. The zero-order valence-electron chi connectivity index (χ0n) is 9.64. The normalized spacial score (nSPS) is 10.5. The van der Waals surface area contributed by atoms with Gasteiger partial charge in [-0.25, -0.2) is 4.79 Å². The van der Waals surface area contributed by atoms with Gasteiger partial charge in [0.1, 0.15) is 0 Å². The fourth-order valence-corrected chi connectivity index (χ4v) is 1.86. The number of hydrogen-bond donors (Lipinski definition) is 0. The van der Waals surface area contributed by atoms with Gasteiger partial charge >= 0.3 is 5.69 Å². The minimum atomic E-state index is -0.229. The van der Waals surface area contributed by atoms with Gasteiger partial charge in [0.05, 0.1) is 12.2 Å². The first-order valence-electron chi connectivity index (χ1n) is 5.22. The van der Waals surface area contributed by atoms with Gasteiger partial charge in [0.25, 0.3) is 0 Å². The highest BCUT2D eigenvalue weighted by atomic mass is 79.9. The van der Waals surface area contributed by atoms with E-state index in [-0.39, 0.29) is 5.69 Å². The maximum absolute atomic E-state index is 11.7. The van der Waals surface area contributed by atoms with Crippen LogP contribution in [0.1, 0.15) is 17.1 Å². The highest BCUT2D eigenvalue weighted by molar-refractivity contribution is 9.10. The Bertz CT molecular complexity index is 590. The van der Waals surface area contributed by atoms with Crippen LogP contribution in [-0.4, -0.2) is 14.5 Å². The number of halogens is 1. The average Bonchev–Trinajstić information content (AvgIpc) is 2.26. The number of nitrogens with zero attached hydrogens (tertiary/aromatic N) is 3. The summed E-state index contributed by atoms with van der Waals surface area (Å²) in [6.07, 6.45) is 1.72. The zero-order valence-corrected chi connectivity index (χ0v) is 11.2. The van der Waals surface area contributed by atoms with E-state index >= 15 is 0 Å². The van der Waals surface area contributed by atoms with E-state index in [1.54, 1.807) is 10.8 Å². The fraction of sp³-hybridized carbons (Fsp3) is 0.250. The van der Waals surface area contributed by atoms with Crippen molar-refractivity contribution in [3.63, 3.8) is 0 Å². The lowest BCUT2D eigenvalue weighted by atomic mass is 10.3. The Hall–Kier alpha value is -1.49. The van der Waals surface area contributed by atoms with Crippen molar-refractivity contribution in [3.8, 4) is 0 Å². The monoisotopic (exact) mass is 293 g/mol. The van der Waals surface area contributed by atoms with Crippen molar-refractivity contribution in [2.75, 3.05) is 0 Å². The molecule has 0 aliphatic carbocycles. The number of aromatic nitrogens is 3. The SMILES string of the molecule is Cc1cc(C)n(Cc2ccc(Br)cn2)c(=O)n1. The summed E-state index contributed by atoms with van der Waals surface area (Å²) in [7, 11) is 0. The summed E-state index contributed by atoms with van der Waals surface area (Å²) >= 11 is 3.33. The Morgan fingerprint density at radius 1 is 1.35 bits per heavy atom. The summed E-state index contributed by atoms with van der Waals surface area (Å²) in [5, 5.41) is 0. The Balaban J connectivity index is 2.36. The fourth-order valence-electron chi connectivity index (χ4n) is 1.63. The second-order valence-corrected chi connectivity index (χ2v) is 4.79. The lowest BCUT2D eigenvalue weighted by Gasteiger charge is -2.09. The predicted molar refractivity (Wildman–Crippen MR) is 69.0 cm³/mol. The van der Waals surface area contributed by atoms with Gasteiger partial charge in [-0.1, -0.05) is 0 Å². The van der Waals surface area contributed by atoms with Crippen LogP contribution in [0.25, 0.3) is 0 Å². The Morgan fingerprint density at radius 2 is 2.12 bits per heavy atom. The quantitative estimate of drug-likeness (QED) is 0.852. The molecular weight excluding hydrogens is 282 g/mol. The molecular formula is C12H12BrN3O. The van der Waals surface area contributed by atoms with Crippen molar-refractivity contribution in [2.45, 2.75) is 20.4 Å². The summed E-state index contributed by atoms with van der Waals surface area (Å²) in [5.74, 6) is 0. The molecule has 4 nitrogen and oxygen atoms in total. The van der Waals surface area contributed by atoms with Crippen LogP contribution in [0.4, 0.5) is 0 Å². The average molecular weight is 294 g/mol. The van der Waals surface area contributed by atoms with Gasteiger partial charge in [0.15, 0.2) is 0 Å². The summed E-state index contributed by atoms with van der Waals surface area (Å²) in [6, 6.07) is 5.68. The molecule has 0 aromatic carbocycles. The first-order valence-corrected chi connectivity index (χ1v) is 6.01. The van der Waals surface area contributed by atoms with Crippen molar-refractivity contribution in [1.29, 1.82) is 0 Å². The first-order chi connectivity index (χ1) is 8.06. The Morgan fingerprint density at radius 3 is 2.71 bits per heavy atom. The second kappa shape index (κ2) is 4.79. The molecule has 2 aromatic heterocycles. The predicted octanol–water partition coefficient (Wildman–Crippen LogP) is 2.07. The van der Waals surface area contributed by atoms with Crippen molar-refractivity contribution >= 4 is 15.9 Å². The van der Waals surface area contributed by atoms with E-state index in [0.717, 1.165) is 21.6 Å². The van der Waals surface area contributed by atoms with E-state index in [4.69, 9.17) is 0 Å². The van der Waals surface area contributed by atoms with E-state index in [0.29, 0.717) is 6.54 Å². The third kappa shape index (κ3) is 2.79. The molecule has 2 heterocycles. The molecule has 0 saturated carbocycles. The van der Waals surface area contributed by atoms with Crippen molar-refractivity contribution in [3.05, 3.63) is 56.4 Å². The maximum atomic E-state index is 11.7. The molecule has 0 amide bonds. The van der Waals surface area contributed by atoms with Crippen LogP contribution in [0, 0.1) is 13.8 Å². The van der Waals surface area contributed by atoms with Crippen LogP contribution in [0.15, 0.2) is 33.7 Å². The minimum absolute atomic E-state index is 0.229. The molecule has 2 aromatic rings. The van der Waals surface area contributed by atoms with E-state index in [1.165, 1.54) is 0 Å². The molecule has 17 heavy (non-hydrogen) atoms. The molecule has 2 rings (SSSR count). The molecule has 0 aliphatic heterocycles. The summed E-state index contributed by atoms with van der Waals surface area (Å²) in [5.41, 5.74) is 2.25. The van der Waals surface area contributed by atoms with Crippen molar-refractivity contribution in [2.24, 2.45) is 0 Å². The highest BCUT2D eigenvalue weighted by Crippen LogP contribution is 2.08. The number of hydrogen-bond acceptors (Lipinski definition) is 3. The number of aryl methyl sites for hydroxylation is 2. The molecule has 0 radical (unpaired) electrons. The third-order valence-corrected chi connectivity index (χ3v) is 2.92. The Labute approximate surface area is 107 Å². The van der Waals surface area contributed by atoms with Crippen LogP contribution < -0.4 is 5.69 Å². The molecule has 0 atom stereocenters. The van der Waals surface area contributed by atoms with Gasteiger partial charge < -0.3 is 0 Å². The summed E-state index contributed by atoms with van der Waals surface area (Å²) in [4.78, 5) is 19.9. The highest BCUT2D eigenvalue weighted by Gasteiger charge is 2.04. The molecule has 88 valence electrons. The van der Waals surface area contributed by atoms with Gasteiger partial charge in [-0.2, -0.15) is 4.98 Å². The Kier molecular flexibility index (Phi) is 3.38. The van der Waals surface area contributed by atoms with Gasteiger partial charge in [0.2, 0.25) is 0 Å². The largest absolute Gasteiger partial charge is 0.348 e. The molecule has 0 fully saturated rings. The van der Waals surface area contributed by atoms with Gasteiger partial charge in [-0.05, 0) is 48.0 Å².